The molecule has 1 aromatic rings. The van der Waals surface area contributed by atoms with Gasteiger partial charge in [-0.15, -0.1) is 0 Å². The Bertz CT molecular complexity index is 461. The van der Waals surface area contributed by atoms with Crippen molar-refractivity contribution < 1.29 is 9.59 Å². The fraction of sp³-hybridized carbons (Fsp3) is 0.333. The van der Waals surface area contributed by atoms with Crippen LogP contribution in [0.5, 0.6) is 0 Å². The van der Waals surface area contributed by atoms with Crippen LogP contribution in [0, 0.1) is 0 Å². The van der Waals surface area contributed by atoms with Gasteiger partial charge in [0.25, 0.3) is 0 Å². The maximum Gasteiger partial charge on any atom is 0.248 e. The van der Waals surface area contributed by atoms with Gasteiger partial charge in [-0.1, -0.05) is 11.6 Å². The van der Waals surface area contributed by atoms with Gasteiger partial charge in [-0.3, -0.25) is 14.5 Å². The Kier molecular flexibility index (Phi) is 3.84. The molecule has 1 fully saturated rings. The van der Waals surface area contributed by atoms with E-state index in [9.17, 15) is 9.59 Å². The monoisotopic (exact) mass is 267 g/mol. The van der Waals surface area contributed by atoms with Gasteiger partial charge in [0.2, 0.25) is 11.8 Å². The van der Waals surface area contributed by atoms with E-state index in [1.807, 2.05) is 0 Å². The average Bonchev–Trinajstić information content (AvgIpc) is 2.73. The predicted octanol–water partition coefficient (Wildman–Crippen LogP) is 0.692. The van der Waals surface area contributed by atoms with E-state index >= 15 is 0 Å². The summed E-state index contributed by atoms with van der Waals surface area (Å²) in [4.78, 5) is 26.6. The molecule has 5 nitrogen and oxygen atoms in total. The van der Waals surface area contributed by atoms with Crippen LogP contribution >= 0.6 is 11.6 Å². The highest BCUT2D eigenvalue weighted by Gasteiger charge is 2.31. The summed E-state index contributed by atoms with van der Waals surface area (Å²) in [5.41, 5.74) is 0.754. The molecule has 0 bridgehead atoms. The number of amides is 2. The minimum absolute atomic E-state index is 0.0812. The van der Waals surface area contributed by atoms with Gasteiger partial charge in [0, 0.05) is 10.7 Å². The van der Waals surface area contributed by atoms with Crippen LogP contribution in [-0.2, 0) is 9.59 Å². The normalized spacial score (nSPS) is 15.3. The topological polar surface area (TPSA) is 52.7 Å². The summed E-state index contributed by atoms with van der Waals surface area (Å²) in [6.07, 6.45) is 0. The maximum atomic E-state index is 11.9. The van der Waals surface area contributed by atoms with Gasteiger partial charge in [0.1, 0.15) is 13.2 Å². The van der Waals surface area contributed by atoms with Crippen molar-refractivity contribution in [1.29, 1.82) is 0 Å². The van der Waals surface area contributed by atoms with Crippen molar-refractivity contribution in [2.75, 3.05) is 31.7 Å². The van der Waals surface area contributed by atoms with Crippen molar-refractivity contribution in [2.45, 2.75) is 0 Å². The molecule has 0 saturated carbocycles. The molecule has 96 valence electrons. The summed E-state index contributed by atoms with van der Waals surface area (Å²) >= 11 is 5.80. The molecule has 0 aliphatic carbocycles. The lowest BCUT2D eigenvalue weighted by Gasteiger charge is -2.18. The first-order chi connectivity index (χ1) is 8.61. The Hall–Kier alpha value is -1.59. The van der Waals surface area contributed by atoms with Gasteiger partial charge in [-0.25, -0.2) is 0 Å². The van der Waals surface area contributed by atoms with Crippen LogP contribution in [0.3, 0.4) is 0 Å². The second kappa shape index (κ2) is 5.37. The van der Waals surface area contributed by atoms with Gasteiger partial charge < -0.3 is 10.2 Å². The Morgan fingerprint density at radius 1 is 1.39 bits per heavy atom. The Morgan fingerprint density at radius 3 is 2.67 bits per heavy atom. The average molecular weight is 268 g/mol. The third-order valence-electron chi connectivity index (χ3n) is 2.76. The lowest BCUT2D eigenvalue weighted by molar-refractivity contribution is -0.130. The SMILES string of the molecule is CNCC(=O)N1CC(=O)N(c2ccc(Cl)cc2)C1. The highest BCUT2D eigenvalue weighted by molar-refractivity contribution is 6.30. The van der Waals surface area contributed by atoms with Crippen LogP contribution in [-0.4, -0.2) is 43.5 Å². The number of rotatable bonds is 3. The molecule has 2 rings (SSSR count). The van der Waals surface area contributed by atoms with Crippen LogP contribution in [0.15, 0.2) is 24.3 Å². The van der Waals surface area contributed by atoms with Crippen LogP contribution in [0.25, 0.3) is 0 Å². The third-order valence-corrected chi connectivity index (χ3v) is 3.01. The number of likely N-dealkylation sites (N-methyl/N-ethyl adjacent to an activating group) is 1. The summed E-state index contributed by atoms with van der Waals surface area (Å²) in [6, 6.07) is 6.99. The standard InChI is InChI=1S/C12H14ClN3O2/c1-14-6-11(17)15-7-12(18)16(8-15)10-4-2-9(13)3-5-10/h2-5,14H,6-8H2,1H3. The largest absolute Gasteiger partial charge is 0.314 e. The van der Waals surface area contributed by atoms with Crippen LogP contribution in [0.4, 0.5) is 5.69 Å². The molecule has 2 amide bonds. The zero-order valence-corrected chi connectivity index (χ0v) is 10.8. The fourth-order valence-corrected chi connectivity index (χ4v) is 1.95. The first-order valence-corrected chi connectivity index (χ1v) is 5.98. The lowest BCUT2D eigenvalue weighted by atomic mass is 10.3. The quantitative estimate of drug-likeness (QED) is 0.877. The zero-order valence-electron chi connectivity index (χ0n) is 10.0. The summed E-state index contributed by atoms with van der Waals surface area (Å²) in [7, 11) is 1.70. The molecule has 1 aromatic carbocycles. The number of hydrogen-bond donors (Lipinski definition) is 1. The number of benzene rings is 1. The van der Waals surface area contributed by atoms with E-state index < -0.39 is 0 Å². The zero-order chi connectivity index (χ0) is 13.1. The molecule has 1 heterocycles. The van der Waals surface area contributed by atoms with Crippen molar-refractivity contribution in [2.24, 2.45) is 0 Å². The molecule has 0 spiro atoms. The van der Waals surface area contributed by atoms with Gasteiger partial charge in [0.05, 0.1) is 6.54 Å². The van der Waals surface area contributed by atoms with E-state index in [4.69, 9.17) is 11.6 Å². The van der Waals surface area contributed by atoms with E-state index in [2.05, 4.69) is 5.32 Å². The van der Waals surface area contributed by atoms with Crippen LogP contribution in [0.1, 0.15) is 0 Å². The summed E-state index contributed by atoms with van der Waals surface area (Å²) in [5.74, 6) is -0.163. The maximum absolute atomic E-state index is 11.9. The van der Waals surface area contributed by atoms with Crippen LogP contribution < -0.4 is 10.2 Å². The van der Waals surface area contributed by atoms with Crippen molar-refractivity contribution in [3.63, 3.8) is 0 Å². The lowest BCUT2D eigenvalue weighted by Crippen LogP contribution is -2.36. The first kappa shape index (κ1) is 12.9. The number of anilines is 1. The Labute approximate surface area is 110 Å². The van der Waals surface area contributed by atoms with E-state index in [1.54, 1.807) is 36.2 Å². The highest BCUT2D eigenvalue weighted by atomic mass is 35.5. The molecular weight excluding hydrogens is 254 g/mol. The number of nitrogens with one attached hydrogen (secondary N) is 1. The molecular formula is C12H14ClN3O2. The van der Waals surface area contributed by atoms with E-state index in [0.717, 1.165) is 5.69 Å². The fourth-order valence-electron chi connectivity index (χ4n) is 1.82. The van der Waals surface area contributed by atoms with Crippen LogP contribution in [0.2, 0.25) is 5.02 Å². The molecule has 18 heavy (non-hydrogen) atoms. The van der Waals surface area contributed by atoms with E-state index in [1.165, 1.54) is 4.90 Å². The van der Waals surface area contributed by atoms with Gasteiger partial charge in [0.15, 0.2) is 0 Å². The number of hydrogen-bond acceptors (Lipinski definition) is 3. The minimum Gasteiger partial charge on any atom is -0.314 e. The third kappa shape index (κ3) is 2.63. The summed E-state index contributed by atoms with van der Waals surface area (Å²) < 4.78 is 0. The minimum atomic E-state index is -0.0817. The van der Waals surface area contributed by atoms with Crippen molar-refractivity contribution >= 4 is 29.1 Å². The van der Waals surface area contributed by atoms with E-state index in [-0.39, 0.29) is 24.9 Å². The molecule has 1 saturated heterocycles. The van der Waals surface area contributed by atoms with Crippen molar-refractivity contribution in [1.82, 2.24) is 10.2 Å². The number of halogens is 1. The van der Waals surface area contributed by atoms with Crippen molar-refractivity contribution in [3.8, 4) is 0 Å². The summed E-state index contributed by atoms with van der Waals surface area (Å²) in [6.45, 7) is 0.659. The van der Waals surface area contributed by atoms with Gasteiger partial charge in [-0.2, -0.15) is 0 Å². The Balaban J connectivity index is 2.10. The predicted molar refractivity (Wildman–Crippen MR) is 69.4 cm³/mol. The first-order valence-electron chi connectivity index (χ1n) is 5.60. The molecule has 6 heteroatoms. The Morgan fingerprint density at radius 2 is 2.06 bits per heavy atom. The molecule has 0 atom stereocenters. The van der Waals surface area contributed by atoms with Gasteiger partial charge in [-0.05, 0) is 31.3 Å². The second-order valence-electron chi connectivity index (χ2n) is 4.06. The molecule has 1 aliphatic heterocycles. The molecule has 0 unspecified atom stereocenters. The molecule has 1 aliphatic rings. The van der Waals surface area contributed by atoms with Gasteiger partial charge >= 0.3 is 0 Å². The highest BCUT2D eigenvalue weighted by Crippen LogP contribution is 2.21. The van der Waals surface area contributed by atoms with Crippen molar-refractivity contribution in [3.05, 3.63) is 29.3 Å². The van der Waals surface area contributed by atoms with E-state index in [0.29, 0.717) is 11.7 Å². The summed E-state index contributed by atoms with van der Waals surface area (Å²) in [5, 5.41) is 3.40. The smallest absolute Gasteiger partial charge is 0.248 e. The second-order valence-corrected chi connectivity index (χ2v) is 4.50. The molecule has 1 N–H and O–H groups in total. The molecule has 0 radical (unpaired) electrons. The number of nitrogens with zero attached hydrogens (tertiary/aromatic N) is 2. The molecule has 0 aromatic heterocycles. The number of carbonyl (C=O) groups excluding carboxylic acids is 2. The number of carbonyl (C=O) groups is 2.